The third-order valence-corrected chi connectivity index (χ3v) is 5.76. The van der Waals surface area contributed by atoms with E-state index in [1.807, 2.05) is 68.7 Å². The standard InChI is InChI=1S/C21H26N8OS/c1-15-12-18(26-25-15)24-20-14-28(13-19-22-9-11-29(19)20)31-17-6-4-16(5-7-17)21(30)23-8-10-27(2)3/h4-7,9,11-12,14H,8,10,13H2,1-3H3,(H,23,30)(H2,24,25,26)/p+1. The van der Waals surface area contributed by atoms with Crippen LogP contribution in [0.15, 0.2) is 64.6 Å². The van der Waals surface area contributed by atoms with Gasteiger partial charge in [-0.1, -0.05) is 0 Å². The summed E-state index contributed by atoms with van der Waals surface area (Å²) in [6.45, 7) is 4.11. The van der Waals surface area contributed by atoms with Crippen LogP contribution in [-0.2, 0) is 0 Å². The number of fused-ring (bicyclic) bond motifs is 1. The molecule has 2 aliphatic rings. The molecule has 2 aromatic rings. The first-order valence-electron chi connectivity index (χ1n) is 10.1. The number of quaternary nitrogens is 1. The Balaban J connectivity index is 1.41. The second kappa shape index (κ2) is 9.38. The van der Waals surface area contributed by atoms with Gasteiger partial charge in [0.2, 0.25) is 11.7 Å². The fourth-order valence-corrected chi connectivity index (χ4v) is 4.10. The van der Waals surface area contributed by atoms with Gasteiger partial charge < -0.3 is 10.2 Å². The second-order valence-electron chi connectivity index (χ2n) is 7.66. The van der Waals surface area contributed by atoms with Gasteiger partial charge in [0.15, 0.2) is 5.82 Å². The predicted octanol–water partition coefficient (Wildman–Crippen LogP) is 1.01. The maximum Gasteiger partial charge on any atom is 0.251 e. The first-order valence-corrected chi connectivity index (χ1v) is 10.8. The van der Waals surface area contributed by atoms with Crippen molar-refractivity contribution in [3.05, 3.63) is 66.0 Å². The molecule has 9 nitrogen and oxygen atoms in total. The molecule has 3 heterocycles. The van der Waals surface area contributed by atoms with E-state index in [2.05, 4.69) is 36.3 Å². The number of aliphatic imine (C=N–C) groups is 1. The SMILES string of the molecule is Cc1cc(NC2=CN(Sc3ccc(C(=O)NCCN(C)C)cc3)CC3=NC=C[NH+]23)n[nH]1. The monoisotopic (exact) mass is 439 g/mol. The zero-order valence-electron chi connectivity index (χ0n) is 17.8. The number of aromatic amines is 1. The van der Waals surface area contributed by atoms with Crippen LogP contribution in [0.3, 0.4) is 0 Å². The molecular formula is C21H27N8OS+. The van der Waals surface area contributed by atoms with Crippen molar-refractivity contribution < 1.29 is 9.69 Å². The molecule has 10 heteroatoms. The molecule has 0 spiro atoms. The topological polar surface area (TPSA) is 93.1 Å². The van der Waals surface area contributed by atoms with Gasteiger partial charge in [-0.15, -0.1) is 0 Å². The van der Waals surface area contributed by atoms with Gasteiger partial charge in [-0.05, 0) is 57.2 Å². The highest BCUT2D eigenvalue weighted by Crippen LogP contribution is 2.25. The number of hydrogen-bond acceptors (Lipinski definition) is 7. The van der Waals surface area contributed by atoms with E-state index in [9.17, 15) is 4.79 Å². The molecule has 1 amide bonds. The molecule has 4 N–H and O–H groups in total. The Morgan fingerprint density at radius 1 is 1.32 bits per heavy atom. The number of likely N-dealkylation sites (N-methyl/N-ethyl adjacent to an activating group) is 1. The molecule has 0 saturated carbocycles. The van der Waals surface area contributed by atoms with Gasteiger partial charge in [-0.25, -0.2) is 9.89 Å². The molecule has 0 saturated heterocycles. The fourth-order valence-electron chi connectivity index (χ4n) is 3.22. The van der Waals surface area contributed by atoms with Gasteiger partial charge in [0.25, 0.3) is 5.91 Å². The number of carbonyl (C=O) groups is 1. The van der Waals surface area contributed by atoms with E-state index in [1.165, 1.54) is 0 Å². The van der Waals surface area contributed by atoms with Crippen molar-refractivity contribution in [2.24, 2.45) is 4.99 Å². The van der Waals surface area contributed by atoms with E-state index in [-0.39, 0.29) is 5.91 Å². The molecule has 0 radical (unpaired) electrons. The Hall–Kier alpha value is -3.08. The normalized spacial score (nSPS) is 17.4. The number of aromatic nitrogens is 2. The molecule has 162 valence electrons. The van der Waals surface area contributed by atoms with E-state index in [4.69, 9.17) is 0 Å². The highest BCUT2D eigenvalue weighted by Gasteiger charge is 2.32. The van der Waals surface area contributed by atoms with Crippen molar-refractivity contribution in [3.63, 3.8) is 0 Å². The number of carbonyl (C=O) groups excluding carboxylic acids is 1. The van der Waals surface area contributed by atoms with Crippen LogP contribution in [0.5, 0.6) is 0 Å². The Labute approximate surface area is 186 Å². The van der Waals surface area contributed by atoms with Crippen LogP contribution in [0, 0.1) is 6.92 Å². The predicted molar refractivity (Wildman–Crippen MR) is 122 cm³/mol. The van der Waals surface area contributed by atoms with E-state index in [1.54, 1.807) is 11.9 Å². The lowest BCUT2D eigenvalue weighted by molar-refractivity contribution is -0.699. The summed E-state index contributed by atoms with van der Waals surface area (Å²) in [5.74, 6) is 2.69. The van der Waals surface area contributed by atoms with Gasteiger partial charge in [0.1, 0.15) is 12.7 Å². The lowest BCUT2D eigenvalue weighted by Gasteiger charge is -2.27. The number of amidine groups is 1. The van der Waals surface area contributed by atoms with E-state index >= 15 is 0 Å². The first kappa shape index (κ1) is 21.2. The summed E-state index contributed by atoms with van der Waals surface area (Å²) in [7, 11) is 3.97. The van der Waals surface area contributed by atoms with Crippen LogP contribution in [0.4, 0.5) is 5.82 Å². The van der Waals surface area contributed by atoms with Gasteiger partial charge in [-0.3, -0.25) is 19.5 Å². The Morgan fingerprint density at radius 2 is 2.13 bits per heavy atom. The molecule has 0 aliphatic carbocycles. The van der Waals surface area contributed by atoms with Crippen molar-refractivity contribution in [1.29, 1.82) is 0 Å². The molecular weight excluding hydrogens is 412 g/mol. The van der Waals surface area contributed by atoms with Gasteiger partial charge in [0.05, 0.1) is 12.4 Å². The maximum atomic E-state index is 12.3. The minimum Gasteiger partial charge on any atom is -0.351 e. The maximum absolute atomic E-state index is 12.3. The first-order chi connectivity index (χ1) is 15.0. The quantitative estimate of drug-likeness (QED) is 0.459. The van der Waals surface area contributed by atoms with Crippen molar-refractivity contribution in [2.75, 3.05) is 39.0 Å². The summed E-state index contributed by atoms with van der Waals surface area (Å²) in [6.07, 6.45) is 5.91. The van der Waals surface area contributed by atoms with Crippen LogP contribution in [-0.4, -0.2) is 64.9 Å². The molecule has 31 heavy (non-hydrogen) atoms. The highest BCUT2D eigenvalue weighted by atomic mass is 32.2. The number of benzene rings is 1. The van der Waals surface area contributed by atoms with Gasteiger partial charge in [-0.2, -0.15) is 5.10 Å². The van der Waals surface area contributed by atoms with Crippen LogP contribution < -0.4 is 15.5 Å². The summed E-state index contributed by atoms with van der Waals surface area (Å²) < 4.78 is 2.13. The van der Waals surface area contributed by atoms with Crippen molar-refractivity contribution in [3.8, 4) is 0 Å². The zero-order chi connectivity index (χ0) is 21.8. The van der Waals surface area contributed by atoms with Crippen molar-refractivity contribution >= 4 is 29.5 Å². The minimum absolute atomic E-state index is 0.0531. The Kier molecular flexibility index (Phi) is 6.40. The highest BCUT2D eigenvalue weighted by molar-refractivity contribution is 7.97. The lowest BCUT2D eigenvalue weighted by atomic mass is 10.2. The average Bonchev–Trinajstić information content (AvgIpc) is 3.37. The third-order valence-electron chi connectivity index (χ3n) is 4.80. The minimum atomic E-state index is -0.0531. The number of hydrogen-bond donors (Lipinski definition) is 4. The number of nitrogens with one attached hydrogen (secondary N) is 4. The molecule has 4 rings (SSSR count). The van der Waals surface area contributed by atoms with Crippen LogP contribution in [0.2, 0.25) is 0 Å². The number of aryl methyl sites for hydroxylation is 1. The fraction of sp³-hybridized carbons (Fsp3) is 0.286. The third kappa shape index (κ3) is 5.35. The number of nitrogens with zero attached hydrogens (tertiary/aromatic N) is 4. The lowest BCUT2D eigenvalue weighted by Crippen LogP contribution is -3.10. The summed E-state index contributed by atoms with van der Waals surface area (Å²) >= 11 is 1.60. The number of amides is 1. The van der Waals surface area contributed by atoms with Crippen LogP contribution >= 0.6 is 11.9 Å². The summed E-state index contributed by atoms with van der Waals surface area (Å²) in [5.41, 5.74) is 1.66. The molecule has 0 fully saturated rings. The van der Waals surface area contributed by atoms with Gasteiger partial charge in [0, 0.05) is 35.3 Å². The summed E-state index contributed by atoms with van der Waals surface area (Å²) in [5, 5.41) is 13.5. The van der Waals surface area contributed by atoms with Crippen LogP contribution in [0.25, 0.3) is 0 Å². The molecule has 1 unspecified atom stereocenters. The van der Waals surface area contributed by atoms with E-state index in [0.29, 0.717) is 18.7 Å². The molecule has 2 aliphatic heterocycles. The van der Waals surface area contributed by atoms with Crippen molar-refractivity contribution in [1.82, 2.24) is 24.7 Å². The molecule has 1 atom stereocenters. The number of rotatable bonds is 8. The molecule has 1 aromatic carbocycles. The zero-order valence-corrected chi connectivity index (χ0v) is 18.7. The van der Waals surface area contributed by atoms with Crippen molar-refractivity contribution in [2.45, 2.75) is 11.8 Å². The average molecular weight is 440 g/mol. The summed E-state index contributed by atoms with van der Waals surface area (Å²) in [6, 6.07) is 9.62. The number of H-pyrrole nitrogens is 1. The van der Waals surface area contributed by atoms with E-state index < -0.39 is 0 Å². The molecule has 0 bridgehead atoms. The smallest absolute Gasteiger partial charge is 0.251 e. The Bertz CT molecular complexity index is 1020. The largest absolute Gasteiger partial charge is 0.351 e. The Morgan fingerprint density at radius 3 is 2.84 bits per heavy atom. The molecule has 1 aromatic heterocycles. The summed E-state index contributed by atoms with van der Waals surface area (Å²) in [4.78, 5) is 20.9. The van der Waals surface area contributed by atoms with Crippen LogP contribution in [0.1, 0.15) is 16.1 Å². The number of anilines is 1. The van der Waals surface area contributed by atoms with E-state index in [0.717, 1.165) is 39.5 Å². The van der Waals surface area contributed by atoms with Gasteiger partial charge >= 0.3 is 0 Å². The second-order valence-corrected chi connectivity index (χ2v) is 8.78.